The Morgan fingerprint density at radius 1 is 1.25 bits per heavy atom. The minimum Gasteiger partial charge on any atom is -0.508 e. The normalized spacial score (nSPS) is 11.4. The van der Waals surface area contributed by atoms with Crippen LogP contribution in [0.4, 0.5) is 0 Å². The summed E-state index contributed by atoms with van der Waals surface area (Å²) in [6, 6.07) is 7.36. The van der Waals surface area contributed by atoms with E-state index in [2.05, 4.69) is 10.5 Å². The highest BCUT2D eigenvalue weighted by Crippen LogP contribution is 2.22. The van der Waals surface area contributed by atoms with Crippen molar-refractivity contribution in [2.75, 3.05) is 0 Å². The average molecular weight is 274 g/mol. The summed E-state index contributed by atoms with van der Waals surface area (Å²) >= 11 is 0. The molecule has 0 aliphatic carbocycles. The third kappa shape index (κ3) is 2.97. The predicted octanol–water partition coefficient (Wildman–Crippen LogP) is 2.15. The highest BCUT2D eigenvalue weighted by molar-refractivity contribution is 6.02. The van der Waals surface area contributed by atoms with Crippen LogP contribution in [-0.2, 0) is 0 Å². The molecule has 0 aliphatic heterocycles. The third-order valence-electron chi connectivity index (χ3n) is 2.66. The molecular weight excluding hydrogens is 260 g/mol. The summed E-state index contributed by atoms with van der Waals surface area (Å²) in [4.78, 5) is 11.7. The number of nitrogens with zero attached hydrogens (tertiary/aromatic N) is 1. The molecule has 2 rings (SSSR count). The summed E-state index contributed by atoms with van der Waals surface area (Å²) in [6.07, 6.45) is 0. The number of hydrazone groups is 1. The van der Waals surface area contributed by atoms with Gasteiger partial charge in [-0.3, -0.25) is 4.79 Å². The molecule has 0 spiro atoms. The molecule has 6 nitrogen and oxygen atoms in total. The summed E-state index contributed by atoms with van der Waals surface area (Å²) in [5.41, 5.74) is 3.15. The number of hydrogen-bond acceptors (Lipinski definition) is 5. The zero-order valence-electron chi connectivity index (χ0n) is 11.0. The lowest BCUT2D eigenvalue weighted by atomic mass is 10.1. The number of furan rings is 1. The van der Waals surface area contributed by atoms with Crippen molar-refractivity contribution in [3.8, 4) is 11.5 Å². The number of aryl methyl sites for hydroxylation is 1. The van der Waals surface area contributed by atoms with Gasteiger partial charge in [-0.05, 0) is 38.1 Å². The van der Waals surface area contributed by atoms with Crippen LogP contribution >= 0.6 is 0 Å². The second kappa shape index (κ2) is 5.48. The molecule has 1 heterocycles. The highest BCUT2D eigenvalue weighted by Gasteiger charge is 2.10. The van der Waals surface area contributed by atoms with Gasteiger partial charge in [0.1, 0.15) is 17.3 Å². The lowest BCUT2D eigenvalue weighted by Crippen LogP contribution is -2.18. The molecule has 0 fully saturated rings. The molecular formula is C14H14N2O4. The molecule has 1 amide bonds. The number of hydrogen-bond donors (Lipinski definition) is 3. The van der Waals surface area contributed by atoms with Crippen molar-refractivity contribution in [1.29, 1.82) is 0 Å². The maximum atomic E-state index is 11.7. The van der Waals surface area contributed by atoms with Gasteiger partial charge in [-0.15, -0.1) is 0 Å². The zero-order valence-corrected chi connectivity index (χ0v) is 11.0. The lowest BCUT2D eigenvalue weighted by Gasteiger charge is -2.04. The number of benzene rings is 1. The van der Waals surface area contributed by atoms with Gasteiger partial charge in [-0.1, -0.05) is 0 Å². The number of rotatable bonds is 3. The average Bonchev–Trinajstić information content (AvgIpc) is 2.82. The molecule has 0 saturated carbocycles. The van der Waals surface area contributed by atoms with Crippen LogP contribution in [0.3, 0.4) is 0 Å². The van der Waals surface area contributed by atoms with Crippen molar-refractivity contribution in [1.82, 2.24) is 5.43 Å². The third-order valence-corrected chi connectivity index (χ3v) is 2.66. The van der Waals surface area contributed by atoms with E-state index >= 15 is 0 Å². The summed E-state index contributed by atoms with van der Waals surface area (Å²) in [5.74, 6) is 0.153. The van der Waals surface area contributed by atoms with Gasteiger partial charge in [0.25, 0.3) is 0 Å². The van der Waals surface area contributed by atoms with E-state index in [0.717, 1.165) is 0 Å². The van der Waals surface area contributed by atoms with Crippen LogP contribution in [-0.4, -0.2) is 21.8 Å². The first kappa shape index (κ1) is 13.7. The fourth-order valence-electron chi connectivity index (χ4n) is 1.63. The van der Waals surface area contributed by atoms with Crippen LogP contribution in [0.1, 0.15) is 28.8 Å². The van der Waals surface area contributed by atoms with Gasteiger partial charge in [-0.2, -0.15) is 5.10 Å². The molecule has 0 saturated heterocycles. The Bertz CT molecular complexity index is 674. The van der Waals surface area contributed by atoms with Crippen molar-refractivity contribution in [3.05, 3.63) is 47.4 Å². The van der Waals surface area contributed by atoms with Crippen molar-refractivity contribution >= 4 is 11.6 Å². The molecule has 104 valence electrons. The second-order valence-corrected chi connectivity index (χ2v) is 4.25. The van der Waals surface area contributed by atoms with Crippen LogP contribution in [0.25, 0.3) is 0 Å². The van der Waals surface area contributed by atoms with Crippen molar-refractivity contribution in [3.63, 3.8) is 0 Å². The quantitative estimate of drug-likeness (QED) is 0.590. The van der Waals surface area contributed by atoms with E-state index in [0.29, 0.717) is 17.0 Å². The first-order valence-corrected chi connectivity index (χ1v) is 5.91. The van der Waals surface area contributed by atoms with E-state index < -0.39 is 5.91 Å². The second-order valence-electron chi connectivity index (χ2n) is 4.25. The minimum atomic E-state index is -0.476. The summed E-state index contributed by atoms with van der Waals surface area (Å²) in [6.45, 7) is 3.36. The number of phenols is 2. The minimum absolute atomic E-state index is 0.0471. The molecule has 3 N–H and O–H groups in total. The SMILES string of the molecule is CC(=NNC(=O)c1ccc(C)o1)c1ccc(O)cc1O. The van der Waals surface area contributed by atoms with E-state index in [1.807, 2.05) is 0 Å². The smallest absolute Gasteiger partial charge is 0.307 e. The largest absolute Gasteiger partial charge is 0.508 e. The first-order valence-electron chi connectivity index (χ1n) is 5.91. The number of amides is 1. The highest BCUT2D eigenvalue weighted by atomic mass is 16.3. The van der Waals surface area contributed by atoms with Crippen LogP contribution in [0.2, 0.25) is 0 Å². The number of nitrogens with one attached hydrogen (secondary N) is 1. The maximum absolute atomic E-state index is 11.7. The lowest BCUT2D eigenvalue weighted by molar-refractivity contribution is 0.0926. The Hall–Kier alpha value is -2.76. The van der Waals surface area contributed by atoms with E-state index in [4.69, 9.17) is 4.42 Å². The van der Waals surface area contributed by atoms with E-state index in [1.54, 1.807) is 26.0 Å². The number of phenolic OH excluding ortho intramolecular Hbond substituents is 2. The Kier molecular flexibility index (Phi) is 3.74. The Balaban J connectivity index is 2.13. The van der Waals surface area contributed by atoms with Crippen LogP contribution in [0, 0.1) is 6.92 Å². The van der Waals surface area contributed by atoms with E-state index in [9.17, 15) is 15.0 Å². The van der Waals surface area contributed by atoms with Gasteiger partial charge in [0.15, 0.2) is 5.76 Å². The van der Waals surface area contributed by atoms with Gasteiger partial charge in [0.2, 0.25) is 0 Å². The number of carbonyl (C=O) groups excluding carboxylic acids is 1. The van der Waals surface area contributed by atoms with Gasteiger partial charge in [0, 0.05) is 11.6 Å². The molecule has 0 bridgehead atoms. The molecule has 6 heteroatoms. The maximum Gasteiger partial charge on any atom is 0.307 e. The van der Waals surface area contributed by atoms with Crippen molar-refractivity contribution in [2.45, 2.75) is 13.8 Å². The molecule has 2 aromatic rings. The molecule has 20 heavy (non-hydrogen) atoms. The predicted molar refractivity (Wildman–Crippen MR) is 72.9 cm³/mol. The molecule has 1 aromatic carbocycles. The van der Waals surface area contributed by atoms with E-state index in [1.165, 1.54) is 18.2 Å². The molecule has 0 radical (unpaired) electrons. The summed E-state index contributed by atoms with van der Waals surface area (Å²) < 4.78 is 5.16. The van der Waals surface area contributed by atoms with Crippen LogP contribution in [0.15, 0.2) is 39.9 Å². The summed E-state index contributed by atoms with van der Waals surface area (Å²) in [7, 11) is 0. The monoisotopic (exact) mass is 274 g/mol. The Labute approximate surface area is 115 Å². The Morgan fingerprint density at radius 2 is 2.00 bits per heavy atom. The Morgan fingerprint density at radius 3 is 2.60 bits per heavy atom. The molecule has 0 unspecified atom stereocenters. The van der Waals surface area contributed by atoms with Crippen LogP contribution in [0.5, 0.6) is 11.5 Å². The zero-order chi connectivity index (χ0) is 14.7. The van der Waals surface area contributed by atoms with Crippen LogP contribution < -0.4 is 5.43 Å². The van der Waals surface area contributed by atoms with Gasteiger partial charge >= 0.3 is 5.91 Å². The number of carbonyl (C=O) groups is 1. The first-order chi connectivity index (χ1) is 9.47. The standard InChI is InChI=1S/C14H14N2O4/c1-8-3-6-13(20-8)14(19)16-15-9(2)11-5-4-10(17)7-12(11)18/h3-7,17-18H,1-2H3,(H,16,19). The van der Waals surface area contributed by atoms with E-state index in [-0.39, 0.29) is 17.3 Å². The fourth-order valence-corrected chi connectivity index (χ4v) is 1.63. The van der Waals surface area contributed by atoms with Gasteiger partial charge < -0.3 is 14.6 Å². The van der Waals surface area contributed by atoms with Gasteiger partial charge in [0.05, 0.1) is 5.71 Å². The molecule has 1 aromatic heterocycles. The molecule has 0 aliphatic rings. The molecule has 0 atom stereocenters. The number of aromatic hydroxyl groups is 2. The van der Waals surface area contributed by atoms with Crippen molar-refractivity contribution < 1.29 is 19.4 Å². The fraction of sp³-hybridized carbons (Fsp3) is 0.143. The van der Waals surface area contributed by atoms with Crippen molar-refractivity contribution in [2.24, 2.45) is 5.10 Å². The van der Waals surface area contributed by atoms with Gasteiger partial charge in [-0.25, -0.2) is 5.43 Å². The topological polar surface area (TPSA) is 95.1 Å². The summed E-state index contributed by atoms with van der Waals surface area (Å²) in [5, 5.41) is 22.8.